The van der Waals surface area contributed by atoms with Gasteiger partial charge in [-0.3, -0.25) is 0 Å². The molecule has 0 amide bonds. The number of aliphatic hydroxyl groups excluding tert-OH is 1. The molecule has 0 fully saturated rings. The molecule has 1 N–H and O–H groups in total. The van der Waals surface area contributed by atoms with Crippen molar-refractivity contribution >= 4 is 0 Å². The molecule has 0 bridgehead atoms. The average molecular weight is 289 g/mol. The fraction of sp³-hybridized carbons (Fsp3) is 0.111. The maximum atomic E-state index is 10.5. The van der Waals surface area contributed by atoms with Gasteiger partial charge in [0.2, 0.25) is 0 Å². The van der Waals surface area contributed by atoms with Crippen LogP contribution in [0.15, 0.2) is 67.0 Å². The molecular weight excluding hydrogens is 274 g/mol. The van der Waals surface area contributed by atoms with Gasteiger partial charge in [-0.15, -0.1) is 0 Å². The third kappa shape index (κ3) is 2.76. The smallest absolute Gasteiger partial charge is 0.142 e. The van der Waals surface area contributed by atoms with E-state index in [0.717, 1.165) is 11.1 Å². The lowest BCUT2D eigenvalue weighted by Gasteiger charge is -2.14. The van der Waals surface area contributed by atoms with Crippen molar-refractivity contribution in [3.8, 4) is 6.07 Å². The molecule has 0 aliphatic carbocycles. The first-order chi connectivity index (χ1) is 10.8. The highest BCUT2D eigenvalue weighted by Gasteiger charge is 2.16. The van der Waals surface area contributed by atoms with Gasteiger partial charge in [0.1, 0.15) is 11.9 Å². The Kier molecular flexibility index (Phi) is 3.99. The summed E-state index contributed by atoms with van der Waals surface area (Å²) in [6.45, 7) is 0.503. The van der Waals surface area contributed by atoms with Gasteiger partial charge >= 0.3 is 0 Å². The van der Waals surface area contributed by atoms with Crippen molar-refractivity contribution in [3.63, 3.8) is 0 Å². The van der Waals surface area contributed by atoms with Crippen LogP contribution in [0, 0.1) is 11.3 Å². The number of imidazole rings is 1. The summed E-state index contributed by atoms with van der Waals surface area (Å²) in [6.07, 6.45) is 2.69. The summed E-state index contributed by atoms with van der Waals surface area (Å²) in [4.78, 5) is 4.27. The number of rotatable bonds is 4. The Morgan fingerprint density at radius 3 is 2.59 bits per heavy atom. The molecule has 0 saturated carbocycles. The summed E-state index contributed by atoms with van der Waals surface area (Å²) in [7, 11) is 0. The Balaban J connectivity index is 1.91. The lowest BCUT2D eigenvalue weighted by molar-refractivity contribution is 0.205. The maximum absolute atomic E-state index is 10.5. The van der Waals surface area contributed by atoms with Gasteiger partial charge in [0.15, 0.2) is 0 Å². The zero-order valence-corrected chi connectivity index (χ0v) is 11.9. The van der Waals surface area contributed by atoms with Crippen molar-refractivity contribution in [2.24, 2.45) is 0 Å². The van der Waals surface area contributed by atoms with Gasteiger partial charge in [-0.05, 0) is 17.2 Å². The lowest BCUT2D eigenvalue weighted by atomic mass is 10.1. The standard InChI is InChI=1S/C18H15N3O/c19-12-15-8-4-5-9-16(15)13-21-11-10-20-18(21)17(22)14-6-2-1-3-7-14/h1-11,17,22H,13H2/t17-/m1/s1. The first-order valence-electron chi connectivity index (χ1n) is 7.01. The molecule has 3 rings (SSSR count). The SMILES string of the molecule is N#Cc1ccccc1Cn1ccnc1[C@H](O)c1ccccc1. The minimum absolute atomic E-state index is 0.503. The lowest BCUT2D eigenvalue weighted by Crippen LogP contribution is -2.11. The largest absolute Gasteiger partial charge is 0.380 e. The first kappa shape index (κ1) is 14.1. The van der Waals surface area contributed by atoms with E-state index in [0.29, 0.717) is 17.9 Å². The van der Waals surface area contributed by atoms with Crippen LogP contribution < -0.4 is 0 Å². The van der Waals surface area contributed by atoms with Gasteiger partial charge < -0.3 is 9.67 Å². The Labute approximate surface area is 128 Å². The van der Waals surface area contributed by atoms with E-state index in [1.165, 1.54) is 0 Å². The second-order valence-electron chi connectivity index (χ2n) is 5.00. The van der Waals surface area contributed by atoms with Crippen molar-refractivity contribution in [3.05, 3.63) is 89.5 Å². The van der Waals surface area contributed by atoms with Gasteiger partial charge in [0, 0.05) is 12.4 Å². The molecule has 0 unspecified atom stereocenters. The van der Waals surface area contributed by atoms with Crippen LogP contribution >= 0.6 is 0 Å². The second-order valence-corrected chi connectivity index (χ2v) is 5.00. The number of nitriles is 1. The summed E-state index contributed by atoms with van der Waals surface area (Å²) < 4.78 is 1.87. The fourth-order valence-corrected chi connectivity index (χ4v) is 2.44. The second kappa shape index (κ2) is 6.25. The van der Waals surface area contributed by atoms with Crippen LogP contribution in [0.2, 0.25) is 0 Å². The molecule has 1 atom stereocenters. The summed E-state index contributed by atoms with van der Waals surface area (Å²) in [5.74, 6) is 0.568. The molecule has 1 aromatic heterocycles. The number of aliphatic hydroxyl groups is 1. The average Bonchev–Trinajstić information content (AvgIpc) is 3.03. The predicted octanol–water partition coefficient (Wildman–Crippen LogP) is 2.88. The van der Waals surface area contributed by atoms with E-state index in [4.69, 9.17) is 0 Å². The van der Waals surface area contributed by atoms with Crippen LogP contribution in [0.4, 0.5) is 0 Å². The molecule has 2 aromatic carbocycles. The Morgan fingerprint density at radius 2 is 1.82 bits per heavy atom. The first-order valence-corrected chi connectivity index (χ1v) is 7.01. The molecular formula is C18H15N3O. The number of benzene rings is 2. The van der Waals surface area contributed by atoms with Crippen LogP contribution in [0.1, 0.15) is 28.6 Å². The third-order valence-corrected chi connectivity index (χ3v) is 3.59. The van der Waals surface area contributed by atoms with E-state index in [1.807, 2.05) is 59.3 Å². The molecule has 0 aliphatic rings. The van der Waals surface area contributed by atoms with Crippen LogP contribution in [0.5, 0.6) is 0 Å². The van der Waals surface area contributed by atoms with Gasteiger partial charge in [0.05, 0.1) is 18.2 Å². The van der Waals surface area contributed by atoms with E-state index in [1.54, 1.807) is 12.3 Å². The van der Waals surface area contributed by atoms with Crippen molar-refractivity contribution in [2.45, 2.75) is 12.6 Å². The van der Waals surface area contributed by atoms with E-state index in [9.17, 15) is 10.4 Å². The van der Waals surface area contributed by atoms with E-state index >= 15 is 0 Å². The molecule has 4 heteroatoms. The van der Waals surface area contributed by atoms with Crippen LogP contribution in [0.25, 0.3) is 0 Å². The molecule has 0 aliphatic heterocycles. The van der Waals surface area contributed by atoms with E-state index in [-0.39, 0.29) is 0 Å². The highest BCUT2D eigenvalue weighted by atomic mass is 16.3. The van der Waals surface area contributed by atoms with Crippen molar-refractivity contribution in [2.75, 3.05) is 0 Å². The number of hydrogen-bond acceptors (Lipinski definition) is 3. The van der Waals surface area contributed by atoms with Crippen LogP contribution in [-0.2, 0) is 6.54 Å². The van der Waals surface area contributed by atoms with Crippen molar-refractivity contribution in [1.82, 2.24) is 9.55 Å². The Bertz CT molecular complexity index is 802. The molecule has 0 saturated heterocycles. The van der Waals surface area contributed by atoms with E-state index in [2.05, 4.69) is 11.1 Å². The van der Waals surface area contributed by atoms with Crippen molar-refractivity contribution in [1.29, 1.82) is 5.26 Å². The van der Waals surface area contributed by atoms with E-state index < -0.39 is 6.10 Å². The van der Waals surface area contributed by atoms with Gasteiger partial charge in [-0.2, -0.15) is 5.26 Å². The minimum atomic E-state index is -0.787. The Morgan fingerprint density at radius 1 is 1.09 bits per heavy atom. The Hall–Kier alpha value is -2.90. The van der Waals surface area contributed by atoms with Gasteiger partial charge in [-0.1, -0.05) is 48.5 Å². The number of hydrogen-bond donors (Lipinski definition) is 1. The molecule has 22 heavy (non-hydrogen) atoms. The van der Waals surface area contributed by atoms with Crippen molar-refractivity contribution < 1.29 is 5.11 Å². The number of nitrogens with zero attached hydrogens (tertiary/aromatic N) is 3. The monoisotopic (exact) mass is 289 g/mol. The summed E-state index contributed by atoms with van der Waals surface area (Å²) in [5.41, 5.74) is 2.34. The van der Waals surface area contributed by atoms with Crippen LogP contribution in [0.3, 0.4) is 0 Å². The number of aromatic nitrogens is 2. The van der Waals surface area contributed by atoms with Crippen LogP contribution in [-0.4, -0.2) is 14.7 Å². The minimum Gasteiger partial charge on any atom is -0.380 e. The molecule has 3 aromatic rings. The van der Waals surface area contributed by atoms with Gasteiger partial charge in [0.25, 0.3) is 0 Å². The zero-order chi connectivity index (χ0) is 15.4. The third-order valence-electron chi connectivity index (χ3n) is 3.59. The quantitative estimate of drug-likeness (QED) is 0.803. The fourth-order valence-electron chi connectivity index (χ4n) is 2.44. The topological polar surface area (TPSA) is 61.8 Å². The summed E-state index contributed by atoms with van der Waals surface area (Å²) in [6, 6.07) is 19.1. The maximum Gasteiger partial charge on any atom is 0.142 e. The highest BCUT2D eigenvalue weighted by molar-refractivity contribution is 5.37. The summed E-state index contributed by atoms with van der Waals surface area (Å²) in [5, 5.41) is 19.7. The highest BCUT2D eigenvalue weighted by Crippen LogP contribution is 2.21. The van der Waals surface area contributed by atoms with Gasteiger partial charge in [-0.25, -0.2) is 4.98 Å². The zero-order valence-electron chi connectivity index (χ0n) is 11.9. The molecule has 1 heterocycles. The molecule has 0 spiro atoms. The normalized spacial score (nSPS) is 11.8. The predicted molar refractivity (Wildman–Crippen MR) is 83.0 cm³/mol. The molecule has 108 valence electrons. The molecule has 0 radical (unpaired) electrons. The summed E-state index contributed by atoms with van der Waals surface area (Å²) >= 11 is 0. The molecule has 4 nitrogen and oxygen atoms in total.